The van der Waals surface area contributed by atoms with Gasteiger partial charge in [-0.15, -0.1) is 0 Å². The maximum atomic E-state index is 12.5. The first-order valence-electron chi connectivity index (χ1n) is 9.87. The molecule has 0 aliphatic heterocycles. The number of aliphatic carboxylic acids is 1. The van der Waals surface area contributed by atoms with Gasteiger partial charge in [0.25, 0.3) is 0 Å². The number of nitrogens with one attached hydrogen (secondary N) is 2. The molecular formula is C23H28N2O5. The summed E-state index contributed by atoms with van der Waals surface area (Å²) in [4.78, 5) is 34.9. The van der Waals surface area contributed by atoms with Crippen LogP contribution in [0.5, 0.6) is 5.75 Å². The molecule has 2 aromatic carbocycles. The maximum absolute atomic E-state index is 12.5. The highest BCUT2D eigenvalue weighted by molar-refractivity contribution is 5.88. The molecule has 0 saturated heterocycles. The molecule has 7 nitrogen and oxygen atoms in total. The highest BCUT2D eigenvalue weighted by atomic mass is 16.5. The predicted molar refractivity (Wildman–Crippen MR) is 113 cm³/mol. The van der Waals surface area contributed by atoms with Gasteiger partial charge in [0.2, 0.25) is 12.3 Å². The summed E-state index contributed by atoms with van der Waals surface area (Å²) in [6.07, 6.45) is 0.986. The highest BCUT2D eigenvalue weighted by Gasteiger charge is 2.25. The van der Waals surface area contributed by atoms with E-state index in [1.165, 1.54) is 0 Å². The van der Waals surface area contributed by atoms with E-state index in [1.807, 2.05) is 56.3 Å². The number of hydrogen-bond acceptors (Lipinski definition) is 4. The van der Waals surface area contributed by atoms with Crippen molar-refractivity contribution in [2.75, 3.05) is 0 Å². The van der Waals surface area contributed by atoms with Gasteiger partial charge in [0.15, 0.2) is 0 Å². The van der Waals surface area contributed by atoms with Crippen LogP contribution >= 0.6 is 0 Å². The smallest absolute Gasteiger partial charge is 0.326 e. The fraction of sp³-hybridized carbons (Fsp3) is 0.348. The van der Waals surface area contributed by atoms with Gasteiger partial charge in [-0.05, 0) is 35.6 Å². The standard InChI is InChI=1S/C23H28N2O5/c1-16(2)12-21(23(28)29)25-22(27)20(24-15-26)13-17-8-10-19(11-9-17)30-14-18-6-4-3-5-7-18/h3-11,15-16,20-21H,12-14H2,1-2H3,(H,24,26)(H,25,27)(H,28,29). The minimum Gasteiger partial charge on any atom is -0.489 e. The lowest BCUT2D eigenvalue weighted by Crippen LogP contribution is -2.51. The average Bonchev–Trinajstić information content (AvgIpc) is 2.72. The molecule has 2 rings (SSSR count). The Morgan fingerprint density at radius 1 is 1.00 bits per heavy atom. The number of amides is 2. The Morgan fingerprint density at radius 2 is 1.67 bits per heavy atom. The molecule has 3 N–H and O–H groups in total. The molecule has 2 unspecified atom stereocenters. The van der Waals surface area contributed by atoms with Crippen LogP contribution in [0, 0.1) is 5.92 Å². The first-order chi connectivity index (χ1) is 14.4. The second-order valence-corrected chi connectivity index (χ2v) is 7.49. The molecule has 30 heavy (non-hydrogen) atoms. The van der Waals surface area contributed by atoms with Crippen LogP contribution < -0.4 is 15.4 Å². The minimum absolute atomic E-state index is 0.104. The van der Waals surface area contributed by atoms with Crippen molar-refractivity contribution in [3.05, 3.63) is 65.7 Å². The van der Waals surface area contributed by atoms with Gasteiger partial charge in [-0.2, -0.15) is 0 Å². The lowest BCUT2D eigenvalue weighted by Gasteiger charge is -2.21. The lowest BCUT2D eigenvalue weighted by atomic mass is 10.0. The van der Waals surface area contributed by atoms with E-state index < -0.39 is 24.0 Å². The number of carbonyl (C=O) groups excluding carboxylic acids is 2. The van der Waals surface area contributed by atoms with E-state index in [2.05, 4.69) is 10.6 Å². The number of benzene rings is 2. The maximum Gasteiger partial charge on any atom is 0.326 e. The Morgan fingerprint density at radius 3 is 2.23 bits per heavy atom. The summed E-state index contributed by atoms with van der Waals surface area (Å²) in [5.41, 5.74) is 1.87. The Hall–Kier alpha value is -3.35. The van der Waals surface area contributed by atoms with Crippen LogP contribution in [0.3, 0.4) is 0 Å². The topological polar surface area (TPSA) is 105 Å². The molecule has 2 atom stereocenters. The highest BCUT2D eigenvalue weighted by Crippen LogP contribution is 2.16. The third-order valence-corrected chi connectivity index (χ3v) is 4.52. The monoisotopic (exact) mass is 412 g/mol. The van der Waals surface area contributed by atoms with Crippen LogP contribution in [0.1, 0.15) is 31.4 Å². The summed E-state index contributed by atoms with van der Waals surface area (Å²) < 4.78 is 5.75. The molecule has 0 radical (unpaired) electrons. The van der Waals surface area contributed by atoms with Gasteiger partial charge in [0.05, 0.1) is 0 Å². The summed E-state index contributed by atoms with van der Waals surface area (Å²) in [7, 11) is 0. The first kappa shape index (κ1) is 22.9. The van der Waals surface area contributed by atoms with Crippen LogP contribution in [-0.4, -0.2) is 35.5 Å². The Labute approximate surface area is 176 Å². The van der Waals surface area contributed by atoms with Gasteiger partial charge in [0, 0.05) is 6.42 Å². The number of ether oxygens (including phenoxy) is 1. The third-order valence-electron chi connectivity index (χ3n) is 4.52. The summed E-state index contributed by atoms with van der Waals surface area (Å²) >= 11 is 0. The summed E-state index contributed by atoms with van der Waals surface area (Å²) in [5, 5.41) is 14.3. The second kappa shape index (κ2) is 11.6. The van der Waals surface area contributed by atoms with Crippen molar-refractivity contribution in [3.8, 4) is 5.75 Å². The Kier molecular flexibility index (Phi) is 8.87. The van der Waals surface area contributed by atoms with E-state index in [4.69, 9.17) is 4.74 Å². The van der Waals surface area contributed by atoms with Crippen molar-refractivity contribution in [1.29, 1.82) is 0 Å². The zero-order valence-corrected chi connectivity index (χ0v) is 17.2. The molecule has 0 saturated carbocycles. The van der Waals surface area contributed by atoms with Crippen LogP contribution in [-0.2, 0) is 27.4 Å². The molecular weight excluding hydrogens is 384 g/mol. The molecule has 2 aromatic rings. The molecule has 160 valence electrons. The summed E-state index contributed by atoms with van der Waals surface area (Å²) in [5.74, 6) is -0.830. The Bertz CT molecular complexity index is 821. The van der Waals surface area contributed by atoms with E-state index in [0.717, 1.165) is 11.1 Å². The van der Waals surface area contributed by atoms with E-state index in [9.17, 15) is 19.5 Å². The van der Waals surface area contributed by atoms with Crippen LogP contribution in [0.15, 0.2) is 54.6 Å². The second-order valence-electron chi connectivity index (χ2n) is 7.49. The van der Waals surface area contributed by atoms with Crippen LogP contribution in [0.2, 0.25) is 0 Å². The predicted octanol–water partition coefficient (Wildman–Crippen LogP) is 2.54. The van der Waals surface area contributed by atoms with E-state index >= 15 is 0 Å². The van der Waals surface area contributed by atoms with Crippen LogP contribution in [0.4, 0.5) is 0 Å². The lowest BCUT2D eigenvalue weighted by molar-refractivity contribution is -0.142. The quantitative estimate of drug-likeness (QED) is 0.465. The fourth-order valence-corrected chi connectivity index (χ4v) is 2.97. The van der Waals surface area contributed by atoms with Gasteiger partial charge < -0.3 is 20.5 Å². The first-order valence-corrected chi connectivity index (χ1v) is 9.87. The van der Waals surface area contributed by atoms with Gasteiger partial charge >= 0.3 is 5.97 Å². The minimum atomic E-state index is -1.10. The number of carboxylic acids is 1. The number of carboxylic acid groups (broad SMARTS) is 1. The van der Waals surface area contributed by atoms with Crippen molar-refractivity contribution >= 4 is 18.3 Å². The van der Waals surface area contributed by atoms with E-state index in [-0.39, 0.29) is 12.3 Å². The molecule has 0 aliphatic carbocycles. The molecule has 0 bridgehead atoms. The van der Waals surface area contributed by atoms with Gasteiger partial charge in [-0.1, -0.05) is 56.3 Å². The SMILES string of the molecule is CC(C)CC(NC(=O)C(Cc1ccc(OCc2ccccc2)cc1)NC=O)C(=O)O. The van der Waals surface area contributed by atoms with Crippen molar-refractivity contribution < 1.29 is 24.2 Å². The van der Waals surface area contributed by atoms with Crippen molar-refractivity contribution in [2.24, 2.45) is 5.92 Å². The zero-order chi connectivity index (χ0) is 21.9. The number of carbonyl (C=O) groups is 3. The van der Waals surface area contributed by atoms with Gasteiger partial charge in [0.1, 0.15) is 24.4 Å². The average molecular weight is 412 g/mol. The molecule has 0 spiro atoms. The molecule has 0 fully saturated rings. The summed E-state index contributed by atoms with van der Waals surface area (Å²) in [6.45, 7) is 4.21. The largest absolute Gasteiger partial charge is 0.489 e. The molecule has 0 aliphatic rings. The molecule has 0 aromatic heterocycles. The fourth-order valence-electron chi connectivity index (χ4n) is 2.97. The van der Waals surface area contributed by atoms with E-state index in [0.29, 0.717) is 25.2 Å². The zero-order valence-electron chi connectivity index (χ0n) is 17.2. The number of rotatable bonds is 12. The third kappa shape index (κ3) is 7.58. The number of hydrogen-bond donors (Lipinski definition) is 3. The van der Waals surface area contributed by atoms with Gasteiger partial charge in [-0.25, -0.2) is 4.79 Å². The molecule has 7 heteroatoms. The van der Waals surface area contributed by atoms with Crippen molar-refractivity contribution in [2.45, 2.75) is 45.4 Å². The normalized spacial score (nSPS) is 12.6. The molecule has 0 heterocycles. The van der Waals surface area contributed by atoms with Crippen LogP contribution in [0.25, 0.3) is 0 Å². The summed E-state index contributed by atoms with van der Waals surface area (Å²) in [6, 6.07) is 15.2. The van der Waals surface area contributed by atoms with E-state index in [1.54, 1.807) is 12.1 Å². The molecule has 2 amide bonds. The van der Waals surface area contributed by atoms with Gasteiger partial charge in [-0.3, -0.25) is 9.59 Å². The van der Waals surface area contributed by atoms with Crippen molar-refractivity contribution in [1.82, 2.24) is 10.6 Å². The Balaban J connectivity index is 1.97. The van der Waals surface area contributed by atoms with Crippen molar-refractivity contribution in [3.63, 3.8) is 0 Å².